The molecule has 1 heterocycles. The average molecular weight is 274 g/mol. The second-order valence-electron chi connectivity index (χ2n) is 5.98. The molecule has 2 atom stereocenters. The molecule has 2 unspecified atom stereocenters. The number of amides is 1. The van der Waals surface area contributed by atoms with Gasteiger partial charge in [-0.25, -0.2) is 0 Å². The molecule has 110 valence electrons. The molecular weight excluding hydrogens is 248 g/mol. The Morgan fingerprint density at radius 1 is 1.45 bits per heavy atom. The van der Waals surface area contributed by atoms with Crippen LogP contribution in [0.3, 0.4) is 0 Å². The molecule has 1 aliphatic heterocycles. The van der Waals surface area contributed by atoms with Crippen molar-refractivity contribution in [3.05, 3.63) is 35.4 Å². The van der Waals surface area contributed by atoms with E-state index in [0.29, 0.717) is 12.3 Å². The first-order chi connectivity index (χ1) is 9.66. The fourth-order valence-electron chi connectivity index (χ4n) is 2.96. The summed E-state index contributed by atoms with van der Waals surface area (Å²) in [6.45, 7) is 7.20. The summed E-state index contributed by atoms with van der Waals surface area (Å²) in [5.41, 5.74) is 2.55. The zero-order chi connectivity index (χ0) is 14.4. The lowest BCUT2D eigenvalue weighted by molar-refractivity contribution is -0.121. The van der Waals surface area contributed by atoms with E-state index in [1.807, 2.05) is 12.1 Å². The van der Waals surface area contributed by atoms with Gasteiger partial charge in [0.2, 0.25) is 5.91 Å². The first-order valence-electron chi connectivity index (χ1n) is 7.69. The number of carbonyl (C=O) groups is 1. The fourth-order valence-corrected chi connectivity index (χ4v) is 2.96. The number of rotatable bonds is 5. The van der Waals surface area contributed by atoms with Crippen LogP contribution in [-0.2, 0) is 4.79 Å². The summed E-state index contributed by atoms with van der Waals surface area (Å²) in [4.78, 5) is 12.0. The average Bonchev–Trinajstić information content (AvgIpc) is 2.46. The van der Waals surface area contributed by atoms with Gasteiger partial charge in [-0.15, -0.1) is 0 Å². The smallest absolute Gasteiger partial charge is 0.220 e. The Morgan fingerprint density at radius 3 is 2.95 bits per heavy atom. The van der Waals surface area contributed by atoms with Crippen molar-refractivity contribution >= 4 is 5.91 Å². The lowest BCUT2D eigenvalue weighted by Crippen LogP contribution is -2.38. The largest absolute Gasteiger partial charge is 0.356 e. The maximum absolute atomic E-state index is 12.0. The van der Waals surface area contributed by atoms with Crippen LogP contribution < -0.4 is 10.6 Å². The number of hydrogen-bond donors (Lipinski definition) is 2. The molecule has 3 nitrogen and oxygen atoms in total. The van der Waals surface area contributed by atoms with Gasteiger partial charge < -0.3 is 10.6 Å². The summed E-state index contributed by atoms with van der Waals surface area (Å²) in [7, 11) is 0. The quantitative estimate of drug-likeness (QED) is 0.866. The van der Waals surface area contributed by atoms with E-state index < -0.39 is 0 Å². The second kappa shape index (κ2) is 7.44. The highest BCUT2D eigenvalue weighted by molar-refractivity contribution is 5.76. The Morgan fingerprint density at radius 2 is 2.25 bits per heavy atom. The molecule has 2 rings (SSSR count). The molecule has 1 aromatic rings. The Hall–Kier alpha value is -1.35. The molecule has 0 bridgehead atoms. The van der Waals surface area contributed by atoms with Gasteiger partial charge in [-0.1, -0.05) is 31.2 Å². The zero-order valence-corrected chi connectivity index (χ0v) is 12.6. The summed E-state index contributed by atoms with van der Waals surface area (Å²) in [6, 6.07) is 8.32. The zero-order valence-electron chi connectivity index (χ0n) is 12.6. The van der Waals surface area contributed by atoms with Gasteiger partial charge in [0.05, 0.1) is 0 Å². The van der Waals surface area contributed by atoms with E-state index in [1.165, 1.54) is 24.0 Å². The standard InChI is InChI=1S/C17H26N2O/c1-13-6-3-4-8-16(13)14(2)10-17(20)19-12-15-7-5-9-18-11-15/h3-4,6,8,14-15,18H,5,7,9-12H2,1-2H3,(H,19,20). The van der Waals surface area contributed by atoms with E-state index in [1.54, 1.807) is 0 Å². The van der Waals surface area contributed by atoms with Crippen molar-refractivity contribution in [1.82, 2.24) is 10.6 Å². The van der Waals surface area contributed by atoms with Crippen LogP contribution in [-0.4, -0.2) is 25.5 Å². The van der Waals surface area contributed by atoms with Crippen molar-refractivity contribution in [2.24, 2.45) is 5.92 Å². The SMILES string of the molecule is Cc1ccccc1C(C)CC(=O)NCC1CCCNC1. The Kier molecular flexibility index (Phi) is 5.60. The van der Waals surface area contributed by atoms with Crippen molar-refractivity contribution in [2.45, 2.75) is 39.0 Å². The summed E-state index contributed by atoms with van der Waals surface area (Å²) >= 11 is 0. The highest BCUT2D eigenvalue weighted by Gasteiger charge is 2.16. The van der Waals surface area contributed by atoms with Gasteiger partial charge in [-0.2, -0.15) is 0 Å². The molecule has 1 aliphatic rings. The predicted molar refractivity (Wildman–Crippen MR) is 82.8 cm³/mol. The summed E-state index contributed by atoms with van der Waals surface area (Å²) in [5.74, 6) is 1.05. The van der Waals surface area contributed by atoms with Crippen LogP contribution in [0, 0.1) is 12.8 Å². The molecule has 20 heavy (non-hydrogen) atoms. The van der Waals surface area contributed by atoms with Crippen LogP contribution in [0.15, 0.2) is 24.3 Å². The minimum Gasteiger partial charge on any atom is -0.356 e. The van der Waals surface area contributed by atoms with Gasteiger partial charge in [0.15, 0.2) is 0 Å². The van der Waals surface area contributed by atoms with E-state index in [-0.39, 0.29) is 11.8 Å². The molecular formula is C17H26N2O. The number of hydrogen-bond acceptors (Lipinski definition) is 2. The van der Waals surface area contributed by atoms with Gasteiger partial charge >= 0.3 is 0 Å². The van der Waals surface area contributed by atoms with Crippen molar-refractivity contribution in [2.75, 3.05) is 19.6 Å². The fraction of sp³-hybridized carbons (Fsp3) is 0.588. The van der Waals surface area contributed by atoms with E-state index in [9.17, 15) is 4.79 Å². The van der Waals surface area contributed by atoms with Crippen LogP contribution in [0.4, 0.5) is 0 Å². The Bertz CT molecular complexity index is 438. The lowest BCUT2D eigenvalue weighted by Gasteiger charge is -2.23. The van der Waals surface area contributed by atoms with Crippen molar-refractivity contribution in [1.29, 1.82) is 0 Å². The van der Waals surface area contributed by atoms with Crippen molar-refractivity contribution < 1.29 is 4.79 Å². The molecule has 0 aliphatic carbocycles. The predicted octanol–water partition coefficient (Wildman–Crippen LogP) is 2.60. The maximum atomic E-state index is 12.0. The number of piperidine rings is 1. The van der Waals surface area contributed by atoms with Crippen LogP contribution in [0.25, 0.3) is 0 Å². The van der Waals surface area contributed by atoms with Crippen molar-refractivity contribution in [3.63, 3.8) is 0 Å². The van der Waals surface area contributed by atoms with Crippen LogP contribution in [0.2, 0.25) is 0 Å². The highest BCUT2D eigenvalue weighted by Crippen LogP contribution is 2.22. The van der Waals surface area contributed by atoms with E-state index in [2.05, 4.69) is 36.6 Å². The molecule has 0 aromatic heterocycles. The van der Waals surface area contributed by atoms with E-state index in [0.717, 1.165) is 19.6 Å². The van der Waals surface area contributed by atoms with E-state index in [4.69, 9.17) is 0 Å². The summed E-state index contributed by atoms with van der Waals surface area (Å²) < 4.78 is 0. The number of benzene rings is 1. The van der Waals surface area contributed by atoms with Crippen molar-refractivity contribution in [3.8, 4) is 0 Å². The second-order valence-corrected chi connectivity index (χ2v) is 5.98. The van der Waals surface area contributed by atoms with Gasteiger partial charge in [0, 0.05) is 13.0 Å². The number of carbonyl (C=O) groups excluding carboxylic acids is 1. The van der Waals surface area contributed by atoms with Crippen LogP contribution in [0.1, 0.15) is 43.2 Å². The minimum atomic E-state index is 0.173. The maximum Gasteiger partial charge on any atom is 0.220 e. The number of aryl methyl sites for hydroxylation is 1. The Labute approximate surface area is 122 Å². The molecule has 0 radical (unpaired) electrons. The molecule has 1 saturated heterocycles. The molecule has 1 amide bonds. The molecule has 3 heteroatoms. The van der Waals surface area contributed by atoms with Gasteiger partial charge in [-0.3, -0.25) is 4.79 Å². The first kappa shape index (κ1) is 15.0. The number of nitrogens with one attached hydrogen (secondary N) is 2. The molecule has 0 saturated carbocycles. The third kappa shape index (κ3) is 4.34. The normalized spacial score (nSPS) is 20.4. The minimum absolute atomic E-state index is 0.173. The molecule has 1 aromatic carbocycles. The van der Waals surface area contributed by atoms with Gasteiger partial charge in [0.1, 0.15) is 0 Å². The van der Waals surface area contributed by atoms with Gasteiger partial charge in [0.25, 0.3) is 0 Å². The topological polar surface area (TPSA) is 41.1 Å². The van der Waals surface area contributed by atoms with Gasteiger partial charge in [-0.05, 0) is 55.8 Å². The lowest BCUT2D eigenvalue weighted by atomic mass is 9.93. The summed E-state index contributed by atoms with van der Waals surface area (Å²) in [6.07, 6.45) is 3.02. The van der Waals surface area contributed by atoms with E-state index >= 15 is 0 Å². The summed E-state index contributed by atoms with van der Waals surface area (Å²) in [5, 5.41) is 6.47. The molecule has 2 N–H and O–H groups in total. The monoisotopic (exact) mass is 274 g/mol. The highest BCUT2D eigenvalue weighted by atomic mass is 16.1. The Balaban J connectivity index is 1.77. The molecule has 0 spiro atoms. The third-order valence-electron chi connectivity index (χ3n) is 4.20. The molecule has 1 fully saturated rings. The first-order valence-corrected chi connectivity index (χ1v) is 7.69. The van der Waals surface area contributed by atoms with Crippen LogP contribution in [0.5, 0.6) is 0 Å². The third-order valence-corrected chi connectivity index (χ3v) is 4.20. The van der Waals surface area contributed by atoms with Crippen LogP contribution >= 0.6 is 0 Å².